The van der Waals surface area contributed by atoms with Gasteiger partial charge in [0.15, 0.2) is 11.5 Å². The largest absolute Gasteiger partial charge is 0.493 e. The number of halogens is 1. The summed E-state index contributed by atoms with van der Waals surface area (Å²) in [6.45, 7) is 2.20. The van der Waals surface area contributed by atoms with E-state index in [1.54, 1.807) is 19.2 Å². The predicted molar refractivity (Wildman–Crippen MR) is 71.9 cm³/mol. The molecule has 18 heavy (non-hydrogen) atoms. The topological polar surface area (TPSA) is 52.6 Å². The summed E-state index contributed by atoms with van der Waals surface area (Å²) in [4.78, 5) is 0. The molecule has 4 nitrogen and oxygen atoms in total. The zero-order chi connectivity index (χ0) is 13.6. The summed E-state index contributed by atoms with van der Waals surface area (Å²) in [6.07, 6.45) is 0.682. The summed E-state index contributed by atoms with van der Waals surface area (Å²) in [5.74, 6) is 1.02. The molecule has 0 saturated carbocycles. The van der Waals surface area contributed by atoms with E-state index in [1.807, 2.05) is 19.1 Å². The first-order valence-electron chi connectivity index (χ1n) is 5.64. The van der Waals surface area contributed by atoms with Crippen molar-refractivity contribution in [3.8, 4) is 11.5 Å². The molecule has 1 atom stereocenters. The van der Waals surface area contributed by atoms with E-state index in [1.165, 1.54) is 0 Å². The summed E-state index contributed by atoms with van der Waals surface area (Å²) in [6, 6.07) is 7.23. The van der Waals surface area contributed by atoms with E-state index in [-0.39, 0.29) is 11.7 Å². The molecule has 0 aliphatic carbocycles. The minimum Gasteiger partial charge on any atom is -0.493 e. The van der Waals surface area contributed by atoms with Gasteiger partial charge in [-0.3, -0.25) is 0 Å². The first-order valence-corrected chi connectivity index (χ1v) is 8.12. The lowest BCUT2D eigenvalue weighted by Crippen LogP contribution is -2.19. The third-order valence-corrected chi connectivity index (χ3v) is 3.80. The standard InChI is InChI=1S/C12H17ClO4S/c1-3-10(9-18(13,14)15)8-17-12-7-5-4-6-11(12)16-2/h4-7,10H,3,8-9H2,1-2H3. The number of methoxy groups -OCH3 is 1. The van der Waals surface area contributed by atoms with Crippen molar-refractivity contribution in [1.29, 1.82) is 0 Å². The molecule has 0 aliphatic heterocycles. The van der Waals surface area contributed by atoms with E-state index in [4.69, 9.17) is 20.2 Å². The number of ether oxygens (including phenoxy) is 2. The average Bonchev–Trinajstić information content (AvgIpc) is 2.33. The summed E-state index contributed by atoms with van der Waals surface area (Å²) < 4.78 is 32.8. The van der Waals surface area contributed by atoms with Crippen molar-refractivity contribution in [3.63, 3.8) is 0 Å². The van der Waals surface area contributed by atoms with E-state index in [0.717, 1.165) is 0 Å². The monoisotopic (exact) mass is 292 g/mol. The molecule has 0 aromatic heterocycles. The Morgan fingerprint density at radius 2 is 1.89 bits per heavy atom. The summed E-state index contributed by atoms with van der Waals surface area (Å²) >= 11 is 0. The normalized spacial score (nSPS) is 13.1. The molecular formula is C12H17ClO4S. The molecule has 0 saturated heterocycles. The Bertz CT molecular complexity index is 473. The molecule has 0 fully saturated rings. The minimum absolute atomic E-state index is 0.0831. The second-order valence-electron chi connectivity index (χ2n) is 3.94. The molecule has 102 valence electrons. The molecule has 0 spiro atoms. The molecule has 0 bridgehead atoms. The minimum atomic E-state index is -3.49. The molecule has 0 N–H and O–H groups in total. The Balaban J connectivity index is 2.62. The fraction of sp³-hybridized carbons (Fsp3) is 0.500. The fourth-order valence-electron chi connectivity index (χ4n) is 1.51. The van der Waals surface area contributed by atoms with Crippen molar-refractivity contribution in [2.24, 2.45) is 5.92 Å². The van der Waals surface area contributed by atoms with E-state index >= 15 is 0 Å². The Hall–Kier alpha value is -0.940. The third-order valence-electron chi connectivity index (χ3n) is 2.56. The van der Waals surface area contributed by atoms with Crippen LogP contribution in [0.3, 0.4) is 0 Å². The van der Waals surface area contributed by atoms with Crippen LogP contribution < -0.4 is 9.47 Å². The lowest BCUT2D eigenvalue weighted by atomic mass is 10.1. The first-order chi connectivity index (χ1) is 8.46. The first kappa shape index (κ1) is 15.1. The molecule has 1 aromatic carbocycles. The maximum atomic E-state index is 11.0. The van der Waals surface area contributed by atoms with Crippen LogP contribution in [0.25, 0.3) is 0 Å². The Morgan fingerprint density at radius 1 is 1.28 bits per heavy atom. The zero-order valence-electron chi connectivity index (χ0n) is 10.4. The van der Waals surface area contributed by atoms with Crippen molar-refractivity contribution < 1.29 is 17.9 Å². The second-order valence-corrected chi connectivity index (χ2v) is 6.76. The predicted octanol–water partition coefficient (Wildman–Crippen LogP) is 2.67. The molecule has 0 heterocycles. The highest BCUT2D eigenvalue weighted by molar-refractivity contribution is 8.13. The molecule has 0 radical (unpaired) electrons. The highest BCUT2D eigenvalue weighted by Gasteiger charge is 2.16. The summed E-state index contributed by atoms with van der Waals surface area (Å²) in [7, 11) is 3.30. The fourth-order valence-corrected chi connectivity index (χ4v) is 2.94. The maximum Gasteiger partial charge on any atom is 0.232 e. The molecule has 6 heteroatoms. The second kappa shape index (κ2) is 6.85. The van der Waals surface area contributed by atoms with Crippen LogP contribution in [0.5, 0.6) is 11.5 Å². The molecule has 0 amide bonds. The smallest absolute Gasteiger partial charge is 0.232 e. The van der Waals surface area contributed by atoms with Gasteiger partial charge in [-0.15, -0.1) is 0 Å². The number of hydrogen-bond acceptors (Lipinski definition) is 4. The van der Waals surface area contributed by atoms with Crippen LogP contribution in [0.2, 0.25) is 0 Å². The van der Waals surface area contributed by atoms with Gasteiger partial charge in [0.2, 0.25) is 9.05 Å². The van der Waals surface area contributed by atoms with Crippen molar-refractivity contribution in [2.75, 3.05) is 19.5 Å². The van der Waals surface area contributed by atoms with Crippen molar-refractivity contribution >= 4 is 19.7 Å². The van der Waals surface area contributed by atoms with Gasteiger partial charge in [0.05, 0.1) is 19.5 Å². The van der Waals surface area contributed by atoms with Gasteiger partial charge in [-0.25, -0.2) is 8.42 Å². The van der Waals surface area contributed by atoms with Crippen LogP contribution in [0.15, 0.2) is 24.3 Å². The summed E-state index contributed by atoms with van der Waals surface area (Å²) in [5.41, 5.74) is 0. The van der Waals surface area contributed by atoms with Gasteiger partial charge in [0.25, 0.3) is 0 Å². The zero-order valence-corrected chi connectivity index (χ0v) is 12.0. The van der Waals surface area contributed by atoms with Crippen LogP contribution in [-0.4, -0.2) is 27.9 Å². The van der Waals surface area contributed by atoms with E-state index in [2.05, 4.69) is 0 Å². The quantitative estimate of drug-likeness (QED) is 0.725. The SMILES string of the molecule is CCC(COc1ccccc1OC)CS(=O)(=O)Cl. The van der Waals surface area contributed by atoms with Crippen LogP contribution in [0.4, 0.5) is 0 Å². The molecule has 0 aliphatic rings. The number of hydrogen-bond donors (Lipinski definition) is 0. The average molecular weight is 293 g/mol. The van der Waals surface area contributed by atoms with Crippen LogP contribution in [-0.2, 0) is 9.05 Å². The summed E-state index contributed by atoms with van der Waals surface area (Å²) in [5, 5.41) is 0. The maximum absolute atomic E-state index is 11.0. The Morgan fingerprint density at radius 3 is 2.39 bits per heavy atom. The number of benzene rings is 1. The van der Waals surface area contributed by atoms with Gasteiger partial charge in [-0.1, -0.05) is 19.1 Å². The van der Waals surface area contributed by atoms with Gasteiger partial charge in [0.1, 0.15) is 0 Å². The van der Waals surface area contributed by atoms with Gasteiger partial charge >= 0.3 is 0 Å². The van der Waals surface area contributed by atoms with Crippen LogP contribution >= 0.6 is 10.7 Å². The van der Waals surface area contributed by atoms with E-state index in [0.29, 0.717) is 24.5 Å². The van der Waals surface area contributed by atoms with Crippen LogP contribution in [0, 0.1) is 5.92 Å². The van der Waals surface area contributed by atoms with Gasteiger partial charge in [0, 0.05) is 16.6 Å². The Labute approximate surface area is 112 Å². The van der Waals surface area contributed by atoms with Crippen LogP contribution in [0.1, 0.15) is 13.3 Å². The highest BCUT2D eigenvalue weighted by atomic mass is 35.7. The van der Waals surface area contributed by atoms with Crippen molar-refractivity contribution in [2.45, 2.75) is 13.3 Å². The lowest BCUT2D eigenvalue weighted by Gasteiger charge is -2.15. The van der Waals surface area contributed by atoms with Gasteiger partial charge < -0.3 is 9.47 Å². The lowest BCUT2D eigenvalue weighted by molar-refractivity contribution is 0.246. The third kappa shape index (κ3) is 5.14. The highest BCUT2D eigenvalue weighted by Crippen LogP contribution is 2.26. The van der Waals surface area contributed by atoms with Gasteiger partial charge in [-0.05, 0) is 18.6 Å². The molecule has 1 rings (SSSR count). The van der Waals surface area contributed by atoms with Gasteiger partial charge in [-0.2, -0.15) is 0 Å². The number of para-hydroxylation sites is 2. The molecular weight excluding hydrogens is 276 g/mol. The van der Waals surface area contributed by atoms with Crippen molar-refractivity contribution in [3.05, 3.63) is 24.3 Å². The van der Waals surface area contributed by atoms with Crippen molar-refractivity contribution in [1.82, 2.24) is 0 Å². The Kier molecular flexibility index (Phi) is 5.75. The molecule has 1 unspecified atom stereocenters. The number of rotatable bonds is 7. The van der Waals surface area contributed by atoms with E-state index < -0.39 is 9.05 Å². The van der Waals surface area contributed by atoms with E-state index in [9.17, 15) is 8.42 Å². The molecule has 1 aromatic rings.